The van der Waals surface area contributed by atoms with Crippen LogP contribution in [0.25, 0.3) is 33.6 Å². The van der Waals surface area contributed by atoms with E-state index in [2.05, 4.69) is 20.3 Å². The third-order valence-corrected chi connectivity index (χ3v) is 6.39. The van der Waals surface area contributed by atoms with Crippen molar-refractivity contribution in [3.05, 3.63) is 118 Å². The quantitative estimate of drug-likeness (QED) is 0.283. The van der Waals surface area contributed by atoms with Gasteiger partial charge in [-0.05, 0) is 53.1 Å². The van der Waals surface area contributed by atoms with E-state index in [1.165, 1.54) is 10.6 Å². The number of halogens is 4. The SMILES string of the molecule is O=c1n(Cc2ccc(C(F)(F)F)nc2)nc2c(-c3ccc(-n4cccn4)cc3)c(-c3ccc(Cl)cc3)cnn12. The van der Waals surface area contributed by atoms with Gasteiger partial charge in [-0.1, -0.05) is 41.9 Å². The molecule has 0 atom stereocenters. The number of hydrogen-bond donors (Lipinski definition) is 0. The number of fused-ring (bicyclic) bond motifs is 1. The standard InChI is InChI=1S/C27H17ClF3N7O/c28-20-7-3-18(4-8-20)22-15-34-38-25(24(22)19-5-9-21(10-6-19)36-13-1-12-33-36)35-37(26(38)39)16-17-2-11-23(32-14-17)27(29,30)31/h1-15H,16H2. The number of benzene rings is 2. The Morgan fingerprint density at radius 2 is 1.62 bits per heavy atom. The van der Waals surface area contributed by atoms with E-state index >= 15 is 0 Å². The molecule has 0 saturated heterocycles. The van der Waals surface area contributed by atoms with Gasteiger partial charge in [0, 0.05) is 34.7 Å². The Labute approximate surface area is 223 Å². The molecule has 0 unspecified atom stereocenters. The predicted molar refractivity (Wildman–Crippen MR) is 139 cm³/mol. The lowest BCUT2D eigenvalue weighted by molar-refractivity contribution is -0.141. The molecule has 0 fully saturated rings. The van der Waals surface area contributed by atoms with E-state index in [4.69, 9.17) is 11.6 Å². The monoisotopic (exact) mass is 547 g/mol. The van der Waals surface area contributed by atoms with Crippen LogP contribution in [0.1, 0.15) is 11.3 Å². The topological polar surface area (TPSA) is 82.9 Å². The first-order chi connectivity index (χ1) is 18.8. The summed E-state index contributed by atoms with van der Waals surface area (Å²) in [7, 11) is 0. The van der Waals surface area contributed by atoms with Gasteiger partial charge >= 0.3 is 11.9 Å². The fraction of sp³-hybridized carbons (Fsp3) is 0.0741. The molecular weight excluding hydrogens is 531 g/mol. The zero-order valence-electron chi connectivity index (χ0n) is 19.9. The Hall–Kier alpha value is -4.77. The van der Waals surface area contributed by atoms with Gasteiger partial charge in [0.2, 0.25) is 0 Å². The van der Waals surface area contributed by atoms with Crippen LogP contribution in [0.4, 0.5) is 13.2 Å². The molecule has 0 spiro atoms. The highest BCUT2D eigenvalue weighted by Crippen LogP contribution is 2.35. The van der Waals surface area contributed by atoms with Gasteiger partial charge in [-0.15, -0.1) is 5.10 Å². The zero-order valence-corrected chi connectivity index (χ0v) is 20.7. The second-order valence-corrected chi connectivity index (χ2v) is 9.10. The molecule has 0 radical (unpaired) electrons. The Morgan fingerprint density at radius 3 is 2.26 bits per heavy atom. The fourth-order valence-electron chi connectivity index (χ4n) is 4.26. The third kappa shape index (κ3) is 4.68. The summed E-state index contributed by atoms with van der Waals surface area (Å²) in [6.07, 6.45) is 1.63. The molecule has 0 aliphatic rings. The first kappa shape index (κ1) is 24.6. The Kier molecular flexibility index (Phi) is 5.99. The summed E-state index contributed by atoms with van der Waals surface area (Å²) in [5.74, 6) is 0. The Bertz CT molecular complexity index is 1830. The number of hydrogen-bond acceptors (Lipinski definition) is 5. The maximum Gasteiger partial charge on any atom is 0.433 e. The van der Waals surface area contributed by atoms with Crippen LogP contribution in [-0.4, -0.2) is 34.2 Å². The average Bonchev–Trinajstić information content (AvgIpc) is 3.58. The van der Waals surface area contributed by atoms with Gasteiger partial charge in [-0.25, -0.2) is 14.2 Å². The van der Waals surface area contributed by atoms with Gasteiger partial charge in [0.25, 0.3) is 0 Å². The Morgan fingerprint density at radius 1 is 0.872 bits per heavy atom. The van der Waals surface area contributed by atoms with Crippen molar-refractivity contribution in [3.63, 3.8) is 0 Å². The molecule has 194 valence electrons. The average molecular weight is 548 g/mol. The highest BCUT2D eigenvalue weighted by Gasteiger charge is 2.32. The highest BCUT2D eigenvalue weighted by molar-refractivity contribution is 6.30. The molecule has 6 rings (SSSR count). The molecule has 6 aromatic rings. The third-order valence-electron chi connectivity index (χ3n) is 6.14. The largest absolute Gasteiger partial charge is 0.433 e. The summed E-state index contributed by atoms with van der Waals surface area (Å²) in [4.78, 5) is 16.7. The molecule has 39 heavy (non-hydrogen) atoms. The van der Waals surface area contributed by atoms with E-state index in [1.54, 1.807) is 29.2 Å². The van der Waals surface area contributed by atoms with Crippen molar-refractivity contribution >= 4 is 17.2 Å². The second-order valence-electron chi connectivity index (χ2n) is 8.66. The van der Waals surface area contributed by atoms with Crippen LogP contribution >= 0.6 is 11.6 Å². The number of pyridine rings is 1. The van der Waals surface area contributed by atoms with Crippen LogP contribution < -0.4 is 5.69 Å². The molecule has 2 aromatic carbocycles. The molecule has 0 saturated carbocycles. The van der Waals surface area contributed by atoms with E-state index in [9.17, 15) is 18.0 Å². The van der Waals surface area contributed by atoms with Gasteiger partial charge in [-0.3, -0.25) is 4.98 Å². The summed E-state index contributed by atoms with van der Waals surface area (Å²) in [5.41, 5.74) is 2.94. The van der Waals surface area contributed by atoms with Crippen molar-refractivity contribution in [2.24, 2.45) is 0 Å². The molecule has 0 aliphatic heterocycles. The number of nitrogens with zero attached hydrogens (tertiary/aromatic N) is 7. The van der Waals surface area contributed by atoms with Crippen molar-refractivity contribution in [3.8, 4) is 27.9 Å². The molecule has 0 bridgehead atoms. The smallest absolute Gasteiger partial charge is 0.251 e. The van der Waals surface area contributed by atoms with Crippen molar-refractivity contribution in [2.45, 2.75) is 12.7 Å². The molecule has 0 amide bonds. The van der Waals surface area contributed by atoms with Crippen molar-refractivity contribution in [2.75, 3.05) is 0 Å². The van der Waals surface area contributed by atoms with Gasteiger partial charge in [-0.2, -0.15) is 27.9 Å². The number of rotatable bonds is 5. The molecule has 8 nitrogen and oxygen atoms in total. The highest BCUT2D eigenvalue weighted by atomic mass is 35.5. The van der Waals surface area contributed by atoms with Crippen LogP contribution in [0.3, 0.4) is 0 Å². The number of alkyl halides is 3. The molecule has 0 aliphatic carbocycles. The molecule has 12 heteroatoms. The molecule has 0 N–H and O–H groups in total. The van der Waals surface area contributed by atoms with Crippen LogP contribution in [-0.2, 0) is 12.7 Å². The van der Waals surface area contributed by atoms with Crippen LogP contribution in [0.5, 0.6) is 0 Å². The maximum atomic E-state index is 13.2. The van der Waals surface area contributed by atoms with Crippen molar-refractivity contribution in [1.82, 2.24) is 34.2 Å². The maximum absolute atomic E-state index is 13.2. The van der Waals surface area contributed by atoms with Crippen LogP contribution in [0.2, 0.25) is 5.02 Å². The molecule has 4 heterocycles. The number of aromatic nitrogens is 7. The normalized spacial score (nSPS) is 11.8. The Balaban J connectivity index is 1.48. The lowest BCUT2D eigenvalue weighted by atomic mass is 9.97. The minimum atomic E-state index is -4.55. The summed E-state index contributed by atoms with van der Waals surface area (Å²) in [5, 5.41) is 13.7. The zero-order chi connectivity index (χ0) is 27.1. The minimum Gasteiger partial charge on any atom is -0.251 e. The van der Waals surface area contributed by atoms with E-state index < -0.39 is 17.6 Å². The first-order valence-corrected chi connectivity index (χ1v) is 12.0. The van der Waals surface area contributed by atoms with E-state index in [-0.39, 0.29) is 6.54 Å². The summed E-state index contributed by atoms with van der Waals surface area (Å²) in [6.45, 7) is -0.0821. The summed E-state index contributed by atoms with van der Waals surface area (Å²) in [6, 6.07) is 18.8. The molecular formula is C27H17ClF3N7O. The summed E-state index contributed by atoms with van der Waals surface area (Å²) >= 11 is 6.10. The van der Waals surface area contributed by atoms with Gasteiger partial charge in [0.05, 0.1) is 18.4 Å². The van der Waals surface area contributed by atoms with Gasteiger partial charge in [0.15, 0.2) is 5.65 Å². The van der Waals surface area contributed by atoms with Gasteiger partial charge in [0.1, 0.15) is 5.69 Å². The van der Waals surface area contributed by atoms with Crippen LogP contribution in [0, 0.1) is 0 Å². The van der Waals surface area contributed by atoms with E-state index in [0.717, 1.165) is 39.3 Å². The molecule has 4 aromatic heterocycles. The fourth-order valence-corrected chi connectivity index (χ4v) is 4.38. The van der Waals surface area contributed by atoms with E-state index in [0.29, 0.717) is 21.8 Å². The summed E-state index contributed by atoms with van der Waals surface area (Å²) < 4.78 is 42.8. The van der Waals surface area contributed by atoms with Crippen LogP contribution in [0.15, 0.2) is 96.3 Å². The predicted octanol–water partition coefficient (Wildman–Crippen LogP) is 5.53. The first-order valence-electron chi connectivity index (χ1n) is 11.7. The van der Waals surface area contributed by atoms with Gasteiger partial charge < -0.3 is 0 Å². The lowest BCUT2D eigenvalue weighted by Gasteiger charge is -2.11. The van der Waals surface area contributed by atoms with Crippen molar-refractivity contribution in [1.29, 1.82) is 0 Å². The van der Waals surface area contributed by atoms with E-state index in [1.807, 2.05) is 48.7 Å². The second kappa shape index (κ2) is 9.52. The minimum absolute atomic E-state index is 0.0821. The lowest BCUT2D eigenvalue weighted by Crippen LogP contribution is -2.23. The van der Waals surface area contributed by atoms with Crippen molar-refractivity contribution < 1.29 is 13.2 Å².